The molecule has 0 spiro atoms. The first kappa shape index (κ1) is 21.7. The van der Waals surface area contributed by atoms with Crippen molar-refractivity contribution in [2.45, 2.75) is 73.1 Å². The fourth-order valence-corrected chi connectivity index (χ4v) is 0.964. The van der Waals surface area contributed by atoms with E-state index < -0.39 is 5.97 Å². The predicted molar refractivity (Wildman–Crippen MR) is 76.6 cm³/mol. The third-order valence-corrected chi connectivity index (χ3v) is 1.92. The maximum Gasteiger partial charge on any atom is 0.303 e. The molecule has 0 bridgehead atoms. The lowest BCUT2D eigenvalue weighted by Crippen LogP contribution is -2.09. The van der Waals surface area contributed by atoms with E-state index in [1.54, 1.807) is 0 Å². The minimum absolute atomic E-state index is 0.292. The van der Waals surface area contributed by atoms with E-state index in [0.29, 0.717) is 6.42 Å². The number of hydrogen-bond acceptors (Lipinski definition) is 2. The van der Waals surface area contributed by atoms with Crippen LogP contribution < -0.4 is 5.32 Å². The summed E-state index contributed by atoms with van der Waals surface area (Å²) < 4.78 is 0. The Balaban J connectivity index is -0.000000174. The van der Waals surface area contributed by atoms with Crippen LogP contribution in [0, 0.1) is 0 Å². The molecular formula is C14H33NO2. The topological polar surface area (TPSA) is 49.3 Å². The zero-order valence-electron chi connectivity index (χ0n) is 12.5. The van der Waals surface area contributed by atoms with Gasteiger partial charge in [0.15, 0.2) is 0 Å². The van der Waals surface area contributed by atoms with Gasteiger partial charge >= 0.3 is 5.97 Å². The number of unbranched alkanes of at least 4 members (excludes halogenated alkanes) is 3. The molecule has 3 heteroatoms. The van der Waals surface area contributed by atoms with Crippen LogP contribution >= 0.6 is 0 Å². The number of rotatable bonds is 7. The molecule has 0 amide bonds. The van der Waals surface area contributed by atoms with E-state index >= 15 is 0 Å². The zero-order chi connectivity index (χ0) is 13.9. The lowest BCUT2D eigenvalue weighted by molar-refractivity contribution is -0.137. The van der Waals surface area contributed by atoms with Crippen LogP contribution in [0.3, 0.4) is 0 Å². The zero-order valence-corrected chi connectivity index (χ0v) is 12.5. The van der Waals surface area contributed by atoms with E-state index in [-0.39, 0.29) is 0 Å². The molecule has 0 fully saturated rings. The van der Waals surface area contributed by atoms with Gasteiger partial charge in [0, 0.05) is 6.42 Å². The van der Waals surface area contributed by atoms with Crippen molar-refractivity contribution >= 4 is 5.97 Å². The first-order valence-electron chi connectivity index (χ1n) is 7.02. The summed E-state index contributed by atoms with van der Waals surface area (Å²) >= 11 is 0. The number of carboxylic acids is 1. The normalized spacial score (nSPS) is 8.53. The molecule has 17 heavy (non-hydrogen) atoms. The summed E-state index contributed by atoms with van der Waals surface area (Å²) in [6.45, 7) is 12.7. The number of aliphatic carboxylic acids is 1. The molecule has 106 valence electrons. The summed E-state index contributed by atoms with van der Waals surface area (Å²) in [5, 5.41) is 11.0. The second kappa shape index (κ2) is 24.6. The smallest absolute Gasteiger partial charge is 0.303 e. The molecule has 2 N–H and O–H groups in total. The van der Waals surface area contributed by atoms with Crippen LogP contribution in [0.2, 0.25) is 0 Å². The number of carbonyl (C=O) groups is 1. The van der Waals surface area contributed by atoms with Gasteiger partial charge in [-0.25, -0.2) is 0 Å². The van der Waals surface area contributed by atoms with Crippen molar-refractivity contribution in [2.75, 3.05) is 13.1 Å². The highest BCUT2D eigenvalue weighted by Crippen LogP contribution is 1.95. The first-order chi connectivity index (χ1) is 8.10. The summed E-state index contributed by atoms with van der Waals surface area (Å²) in [5.41, 5.74) is 0. The Hall–Kier alpha value is -0.570. The Morgan fingerprint density at radius 1 is 0.882 bits per heavy atom. The van der Waals surface area contributed by atoms with Crippen LogP contribution in [-0.4, -0.2) is 24.2 Å². The van der Waals surface area contributed by atoms with E-state index in [9.17, 15) is 4.79 Å². The van der Waals surface area contributed by atoms with Crippen molar-refractivity contribution in [1.29, 1.82) is 0 Å². The molecule has 0 aliphatic rings. The van der Waals surface area contributed by atoms with Crippen LogP contribution in [0.1, 0.15) is 73.1 Å². The highest BCUT2D eigenvalue weighted by molar-refractivity contribution is 5.66. The maximum absolute atomic E-state index is 9.60. The Labute approximate surface area is 108 Å². The second-order valence-electron chi connectivity index (χ2n) is 3.81. The average Bonchev–Trinajstić information content (AvgIpc) is 2.29. The molecule has 0 radical (unpaired) electrons. The van der Waals surface area contributed by atoms with Crippen molar-refractivity contribution in [3.63, 3.8) is 0 Å². The van der Waals surface area contributed by atoms with Crippen molar-refractivity contribution in [2.24, 2.45) is 0 Å². The van der Waals surface area contributed by atoms with Gasteiger partial charge in [-0.05, 0) is 19.5 Å². The highest BCUT2D eigenvalue weighted by Gasteiger charge is 1.87. The van der Waals surface area contributed by atoms with Crippen molar-refractivity contribution in [1.82, 2.24) is 5.32 Å². The van der Waals surface area contributed by atoms with Gasteiger partial charge in [0.2, 0.25) is 0 Å². The lowest BCUT2D eigenvalue weighted by atomic mass is 10.2. The fraction of sp³-hybridized carbons (Fsp3) is 0.929. The third kappa shape index (κ3) is 50.4. The lowest BCUT2D eigenvalue weighted by Gasteiger charge is -1.86. The van der Waals surface area contributed by atoms with Crippen LogP contribution in [0.4, 0.5) is 0 Å². The first-order valence-corrected chi connectivity index (χ1v) is 7.02. The van der Waals surface area contributed by atoms with Gasteiger partial charge in [-0.1, -0.05) is 60.3 Å². The molecule has 0 aliphatic carbocycles. The summed E-state index contributed by atoms with van der Waals surface area (Å²) in [6, 6.07) is 0. The minimum Gasteiger partial charge on any atom is -0.481 e. The Bertz CT molecular complexity index is 121. The molecule has 0 heterocycles. The Morgan fingerprint density at radius 3 is 1.35 bits per heavy atom. The van der Waals surface area contributed by atoms with Gasteiger partial charge in [0.05, 0.1) is 0 Å². The molecule has 0 aromatic carbocycles. The molecule has 0 aromatic rings. The standard InChI is InChI=1S/C6H14.C4H11N.C4H8O2/c1-3-5-6-4-2;1-3-5-4-2;1-2-3-4(5)6/h3-6H2,1-2H3;5H,3-4H2,1-2H3;2-3H2,1H3,(H,5,6). The SMILES string of the molecule is CCCC(=O)O.CCCCCC.CCNCC. The van der Waals surface area contributed by atoms with Crippen LogP contribution in [0.15, 0.2) is 0 Å². The molecule has 0 unspecified atom stereocenters. The van der Waals surface area contributed by atoms with Gasteiger partial charge in [-0.15, -0.1) is 0 Å². The van der Waals surface area contributed by atoms with E-state index in [4.69, 9.17) is 5.11 Å². The van der Waals surface area contributed by atoms with E-state index in [1.807, 2.05) is 6.92 Å². The Kier molecular flexibility index (Phi) is 31.4. The van der Waals surface area contributed by atoms with E-state index in [2.05, 4.69) is 33.0 Å². The maximum atomic E-state index is 9.60. The van der Waals surface area contributed by atoms with Crippen molar-refractivity contribution in [3.8, 4) is 0 Å². The summed E-state index contributed by atoms with van der Waals surface area (Å²) in [4.78, 5) is 9.60. The molecule has 0 atom stereocenters. The number of hydrogen-bond donors (Lipinski definition) is 2. The van der Waals surface area contributed by atoms with Gasteiger partial charge in [-0.2, -0.15) is 0 Å². The van der Waals surface area contributed by atoms with E-state index in [1.165, 1.54) is 25.7 Å². The Morgan fingerprint density at radius 2 is 1.29 bits per heavy atom. The largest absolute Gasteiger partial charge is 0.481 e. The molecule has 0 saturated heterocycles. The molecule has 3 nitrogen and oxygen atoms in total. The van der Waals surface area contributed by atoms with Gasteiger partial charge in [-0.3, -0.25) is 4.79 Å². The van der Waals surface area contributed by atoms with Crippen LogP contribution in [-0.2, 0) is 4.79 Å². The summed E-state index contributed by atoms with van der Waals surface area (Å²) in [7, 11) is 0. The van der Waals surface area contributed by atoms with Crippen molar-refractivity contribution in [3.05, 3.63) is 0 Å². The quantitative estimate of drug-likeness (QED) is 0.667. The van der Waals surface area contributed by atoms with Crippen LogP contribution in [0.5, 0.6) is 0 Å². The number of carboxylic acid groups (broad SMARTS) is 1. The average molecular weight is 247 g/mol. The van der Waals surface area contributed by atoms with Gasteiger partial charge in [0.1, 0.15) is 0 Å². The molecular weight excluding hydrogens is 214 g/mol. The minimum atomic E-state index is -0.711. The summed E-state index contributed by atoms with van der Waals surface area (Å²) in [6.07, 6.45) is 6.56. The molecule has 0 saturated carbocycles. The molecule has 0 aromatic heterocycles. The third-order valence-electron chi connectivity index (χ3n) is 1.92. The monoisotopic (exact) mass is 247 g/mol. The molecule has 0 aliphatic heterocycles. The van der Waals surface area contributed by atoms with Gasteiger partial charge in [0.25, 0.3) is 0 Å². The second-order valence-corrected chi connectivity index (χ2v) is 3.81. The fourth-order valence-electron chi connectivity index (χ4n) is 0.964. The van der Waals surface area contributed by atoms with Gasteiger partial charge < -0.3 is 10.4 Å². The highest BCUT2D eigenvalue weighted by atomic mass is 16.4. The van der Waals surface area contributed by atoms with Crippen molar-refractivity contribution < 1.29 is 9.90 Å². The number of nitrogens with one attached hydrogen (secondary N) is 1. The molecule has 0 rings (SSSR count). The van der Waals surface area contributed by atoms with Crippen LogP contribution in [0.25, 0.3) is 0 Å². The summed E-state index contributed by atoms with van der Waals surface area (Å²) in [5.74, 6) is -0.711. The van der Waals surface area contributed by atoms with E-state index in [0.717, 1.165) is 19.5 Å². The predicted octanol–water partition coefficient (Wildman–Crippen LogP) is 4.07.